The third kappa shape index (κ3) is 5.30. The van der Waals surface area contributed by atoms with Crippen molar-refractivity contribution in [2.45, 2.75) is 45.7 Å². The molecule has 35 heavy (non-hydrogen) atoms. The van der Waals surface area contributed by atoms with Crippen LogP contribution < -0.4 is 15.5 Å². The van der Waals surface area contributed by atoms with Crippen LogP contribution in [0, 0.1) is 0 Å². The quantitative estimate of drug-likeness (QED) is 0.616. The van der Waals surface area contributed by atoms with Crippen LogP contribution in [0.1, 0.15) is 44.5 Å². The van der Waals surface area contributed by atoms with Gasteiger partial charge in [-0.05, 0) is 51.0 Å². The van der Waals surface area contributed by atoms with Gasteiger partial charge in [0.05, 0.1) is 31.0 Å². The number of urea groups is 1. The Morgan fingerprint density at radius 1 is 1.23 bits per heavy atom. The molecule has 0 radical (unpaired) electrons. The lowest BCUT2D eigenvalue weighted by Crippen LogP contribution is -2.46. The third-order valence-electron chi connectivity index (χ3n) is 6.48. The maximum absolute atomic E-state index is 12.4. The Hall–Kier alpha value is -3.46. The normalized spacial score (nSPS) is 19.6. The minimum atomic E-state index is -0.245. The highest BCUT2D eigenvalue weighted by molar-refractivity contribution is 5.89. The molecule has 0 spiro atoms. The molecule has 1 fully saturated rings. The van der Waals surface area contributed by atoms with Gasteiger partial charge in [0.1, 0.15) is 5.82 Å². The molecule has 0 aliphatic carbocycles. The van der Waals surface area contributed by atoms with Gasteiger partial charge in [0.2, 0.25) is 5.91 Å². The van der Waals surface area contributed by atoms with Gasteiger partial charge in [0.15, 0.2) is 5.82 Å². The van der Waals surface area contributed by atoms with Crippen LogP contribution in [0.4, 0.5) is 16.3 Å². The summed E-state index contributed by atoms with van der Waals surface area (Å²) in [5.74, 6) is 1.55. The molecule has 1 aromatic heterocycles. The van der Waals surface area contributed by atoms with E-state index in [1.54, 1.807) is 6.92 Å². The molecule has 3 heterocycles. The summed E-state index contributed by atoms with van der Waals surface area (Å²) in [5.41, 5.74) is 3.51. The molecule has 2 aliphatic heterocycles. The van der Waals surface area contributed by atoms with Crippen molar-refractivity contribution in [3.05, 3.63) is 48.2 Å². The number of carbonyl (C=O) groups is 2. The first kappa shape index (κ1) is 24.7. The number of morpholine rings is 1. The Morgan fingerprint density at radius 2 is 2.00 bits per heavy atom. The Balaban J connectivity index is 1.78. The number of rotatable bonds is 6. The van der Waals surface area contributed by atoms with Gasteiger partial charge in [-0.15, -0.1) is 6.58 Å². The van der Waals surface area contributed by atoms with E-state index in [9.17, 15) is 9.59 Å². The Morgan fingerprint density at radius 3 is 2.66 bits per heavy atom. The molecule has 1 aromatic carbocycles. The van der Waals surface area contributed by atoms with Crippen LogP contribution >= 0.6 is 0 Å². The second kappa shape index (κ2) is 10.9. The third-order valence-corrected chi connectivity index (χ3v) is 6.48. The molecular weight excluding hydrogens is 444 g/mol. The van der Waals surface area contributed by atoms with Gasteiger partial charge in [-0.25, -0.2) is 14.8 Å². The van der Waals surface area contributed by atoms with E-state index in [1.165, 1.54) is 0 Å². The maximum Gasteiger partial charge on any atom is 0.319 e. The van der Waals surface area contributed by atoms with Crippen molar-refractivity contribution in [3.63, 3.8) is 0 Å². The van der Waals surface area contributed by atoms with E-state index in [1.807, 2.05) is 42.2 Å². The molecule has 0 saturated carbocycles. The van der Waals surface area contributed by atoms with Gasteiger partial charge in [-0.3, -0.25) is 4.79 Å². The van der Waals surface area contributed by atoms with E-state index in [2.05, 4.69) is 29.0 Å². The molecule has 1 saturated heterocycles. The molecule has 9 nitrogen and oxygen atoms in total. The fourth-order valence-electron chi connectivity index (χ4n) is 4.76. The molecule has 3 amide bonds. The van der Waals surface area contributed by atoms with E-state index < -0.39 is 0 Å². The molecule has 9 heteroatoms. The summed E-state index contributed by atoms with van der Waals surface area (Å²) in [6.07, 6.45) is 3.17. The van der Waals surface area contributed by atoms with Crippen molar-refractivity contribution in [2.24, 2.45) is 0 Å². The van der Waals surface area contributed by atoms with Crippen molar-refractivity contribution in [1.82, 2.24) is 20.2 Å². The number of carbonyl (C=O) groups excluding carboxylic acids is 2. The highest BCUT2D eigenvalue weighted by atomic mass is 16.5. The number of aromatic nitrogens is 2. The number of nitrogens with one attached hydrogen (secondary N) is 2. The smallest absolute Gasteiger partial charge is 0.319 e. The van der Waals surface area contributed by atoms with Gasteiger partial charge in [-0.1, -0.05) is 6.08 Å². The standard InChI is InChI=1S/C26H34N6O3/c1-5-7-22-23-21(12-13-32(22)18(4)33)25(31-14-15-35-16-17(31)3)30-24(29-23)19-8-10-20(11-9-19)28-26(34)27-6-2/h5,8-11,17,22H,1,6-7,12-16H2,2-4H3,(H2,27,28,34)/t17-,22+/m0/s1. The van der Waals surface area contributed by atoms with Crippen LogP contribution in [-0.2, 0) is 16.0 Å². The second-order valence-electron chi connectivity index (χ2n) is 8.92. The fourth-order valence-corrected chi connectivity index (χ4v) is 4.76. The van der Waals surface area contributed by atoms with Crippen molar-refractivity contribution >= 4 is 23.4 Å². The molecule has 186 valence electrons. The number of fused-ring (bicyclic) bond motifs is 1. The number of amides is 3. The number of nitrogens with zero attached hydrogens (tertiary/aromatic N) is 4. The summed E-state index contributed by atoms with van der Waals surface area (Å²) < 4.78 is 5.67. The van der Waals surface area contributed by atoms with Gasteiger partial charge in [-0.2, -0.15) is 0 Å². The number of benzene rings is 1. The average molecular weight is 479 g/mol. The minimum absolute atomic E-state index is 0.0322. The Labute approximate surface area is 206 Å². The molecule has 2 atom stereocenters. The highest BCUT2D eigenvalue weighted by Crippen LogP contribution is 2.38. The Kier molecular flexibility index (Phi) is 7.65. The first-order chi connectivity index (χ1) is 16.9. The van der Waals surface area contributed by atoms with Gasteiger partial charge < -0.3 is 25.2 Å². The summed E-state index contributed by atoms with van der Waals surface area (Å²) >= 11 is 0. The SMILES string of the molecule is C=CC[C@@H]1c2nc(-c3ccc(NC(=O)NCC)cc3)nc(N3CCOC[C@@H]3C)c2CCN1C(C)=O. The Bertz CT molecular complexity index is 1090. The van der Waals surface area contributed by atoms with Crippen molar-refractivity contribution in [3.8, 4) is 11.4 Å². The second-order valence-corrected chi connectivity index (χ2v) is 8.92. The number of hydrogen-bond acceptors (Lipinski definition) is 6. The van der Waals surface area contributed by atoms with Crippen molar-refractivity contribution in [2.75, 3.05) is 43.1 Å². The van der Waals surface area contributed by atoms with Gasteiger partial charge in [0, 0.05) is 43.4 Å². The average Bonchev–Trinajstić information content (AvgIpc) is 2.84. The van der Waals surface area contributed by atoms with Crippen LogP contribution in [0.15, 0.2) is 36.9 Å². The van der Waals surface area contributed by atoms with E-state index in [0.29, 0.717) is 50.7 Å². The van der Waals surface area contributed by atoms with Crippen LogP contribution in [0.25, 0.3) is 11.4 Å². The highest BCUT2D eigenvalue weighted by Gasteiger charge is 2.35. The summed E-state index contributed by atoms with van der Waals surface area (Å²) in [5, 5.41) is 5.54. The largest absolute Gasteiger partial charge is 0.377 e. The zero-order chi connectivity index (χ0) is 24.9. The van der Waals surface area contributed by atoms with Crippen LogP contribution in [-0.4, -0.2) is 65.7 Å². The molecule has 0 unspecified atom stereocenters. The summed E-state index contributed by atoms with van der Waals surface area (Å²) in [6.45, 7) is 12.8. The molecule has 0 bridgehead atoms. The number of anilines is 2. The lowest BCUT2D eigenvalue weighted by molar-refractivity contribution is -0.131. The monoisotopic (exact) mass is 478 g/mol. The predicted octanol–water partition coefficient (Wildman–Crippen LogP) is 3.53. The topological polar surface area (TPSA) is 99.7 Å². The maximum atomic E-state index is 12.4. The lowest BCUT2D eigenvalue weighted by Gasteiger charge is -2.40. The first-order valence-corrected chi connectivity index (χ1v) is 12.2. The molecule has 2 aliphatic rings. The van der Waals surface area contributed by atoms with E-state index in [-0.39, 0.29) is 24.0 Å². The van der Waals surface area contributed by atoms with E-state index in [4.69, 9.17) is 14.7 Å². The summed E-state index contributed by atoms with van der Waals surface area (Å²) in [4.78, 5) is 38.5. The minimum Gasteiger partial charge on any atom is -0.377 e. The fraction of sp³-hybridized carbons (Fsp3) is 0.462. The zero-order valence-electron chi connectivity index (χ0n) is 20.7. The van der Waals surface area contributed by atoms with Gasteiger partial charge in [0.25, 0.3) is 0 Å². The van der Waals surface area contributed by atoms with E-state index in [0.717, 1.165) is 29.2 Å². The van der Waals surface area contributed by atoms with E-state index >= 15 is 0 Å². The van der Waals surface area contributed by atoms with Crippen LogP contribution in [0.5, 0.6) is 0 Å². The molecule has 2 N–H and O–H groups in total. The van der Waals surface area contributed by atoms with Gasteiger partial charge >= 0.3 is 6.03 Å². The summed E-state index contributed by atoms with van der Waals surface area (Å²) in [6, 6.07) is 7.26. The first-order valence-electron chi connectivity index (χ1n) is 12.2. The summed E-state index contributed by atoms with van der Waals surface area (Å²) in [7, 11) is 0. The van der Waals surface area contributed by atoms with Crippen LogP contribution in [0.3, 0.4) is 0 Å². The molecule has 4 rings (SSSR count). The zero-order valence-corrected chi connectivity index (χ0v) is 20.7. The molecular formula is C26H34N6O3. The lowest BCUT2D eigenvalue weighted by atomic mass is 9.94. The van der Waals surface area contributed by atoms with Crippen molar-refractivity contribution < 1.29 is 14.3 Å². The number of ether oxygens (including phenoxy) is 1. The molecule has 2 aromatic rings. The number of hydrogen-bond donors (Lipinski definition) is 2. The van der Waals surface area contributed by atoms with Crippen LogP contribution in [0.2, 0.25) is 0 Å². The predicted molar refractivity (Wildman–Crippen MR) is 136 cm³/mol. The van der Waals surface area contributed by atoms with Crippen molar-refractivity contribution in [1.29, 1.82) is 0 Å².